The van der Waals surface area contributed by atoms with Crippen molar-refractivity contribution in [2.75, 3.05) is 5.32 Å². The SMILES string of the molecule is CC(C)[C@@H]1C=CC[C@H](NC(=O)O)c2cc(ccn2)-c2c(cnn2C)NC1=O. The molecule has 0 fully saturated rings. The number of carboxylic acid groups (broad SMARTS) is 1. The lowest BCUT2D eigenvalue weighted by molar-refractivity contribution is -0.119. The average molecular weight is 369 g/mol. The Bertz CT molecular complexity index is 887. The van der Waals surface area contributed by atoms with Crippen LogP contribution in [-0.4, -0.2) is 31.9 Å². The first-order valence-electron chi connectivity index (χ1n) is 8.82. The van der Waals surface area contributed by atoms with Crippen LogP contribution < -0.4 is 10.6 Å². The maximum Gasteiger partial charge on any atom is 0.405 e. The van der Waals surface area contributed by atoms with Crippen molar-refractivity contribution in [3.8, 4) is 11.3 Å². The smallest absolute Gasteiger partial charge is 0.405 e. The second-order valence-electron chi connectivity index (χ2n) is 6.92. The largest absolute Gasteiger partial charge is 0.465 e. The molecule has 2 aromatic rings. The summed E-state index contributed by atoms with van der Waals surface area (Å²) in [5.41, 5.74) is 2.77. The van der Waals surface area contributed by atoms with Crippen LogP contribution in [0.1, 0.15) is 32.0 Å². The molecule has 8 heteroatoms. The molecule has 0 radical (unpaired) electrons. The molecule has 0 aromatic carbocycles. The van der Waals surface area contributed by atoms with Gasteiger partial charge in [-0.3, -0.25) is 14.5 Å². The van der Waals surface area contributed by atoms with E-state index in [1.165, 1.54) is 0 Å². The summed E-state index contributed by atoms with van der Waals surface area (Å²) in [6.07, 6.45) is 6.20. The van der Waals surface area contributed by atoms with E-state index in [-0.39, 0.29) is 17.7 Å². The minimum atomic E-state index is -1.12. The van der Waals surface area contributed by atoms with E-state index in [1.54, 1.807) is 24.1 Å². The van der Waals surface area contributed by atoms with Crippen molar-refractivity contribution >= 4 is 17.7 Å². The quantitative estimate of drug-likeness (QED) is 0.705. The Morgan fingerprint density at radius 1 is 1.44 bits per heavy atom. The Morgan fingerprint density at radius 2 is 2.22 bits per heavy atom. The Morgan fingerprint density at radius 3 is 2.93 bits per heavy atom. The molecule has 2 aromatic heterocycles. The maximum absolute atomic E-state index is 12.8. The number of nitrogens with zero attached hydrogens (tertiary/aromatic N) is 3. The van der Waals surface area contributed by atoms with Crippen molar-refractivity contribution in [1.29, 1.82) is 0 Å². The zero-order valence-corrected chi connectivity index (χ0v) is 15.5. The van der Waals surface area contributed by atoms with Crippen LogP contribution in [0.15, 0.2) is 36.7 Å². The first-order chi connectivity index (χ1) is 12.9. The van der Waals surface area contributed by atoms with Gasteiger partial charge in [0.25, 0.3) is 0 Å². The molecule has 0 saturated heterocycles. The van der Waals surface area contributed by atoms with E-state index < -0.39 is 12.1 Å². The third-order valence-corrected chi connectivity index (χ3v) is 4.64. The van der Waals surface area contributed by atoms with E-state index in [0.717, 1.165) is 11.3 Å². The van der Waals surface area contributed by atoms with Gasteiger partial charge in [-0.2, -0.15) is 5.10 Å². The summed E-state index contributed by atoms with van der Waals surface area (Å²) < 4.78 is 1.68. The zero-order valence-electron chi connectivity index (χ0n) is 15.5. The first-order valence-corrected chi connectivity index (χ1v) is 8.82. The lowest BCUT2D eigenvalue weighted by Gasteiger charge is -2.20. The molecule has 2 amide bonds. The summed E-state index contributed by atoms with van der Waals surface area (Å²) >= 11 is 0. The molecular formula is C19H23N5O3. The second kappa shape index (κ2) is 7.61. The molecule has 3 N–H and O–H groups in total. The summed E-state index contributed by atoms with van der Waals surface area (Å²) in [5, 5.41) is 19.0. The summed E-state index contributed by atoms with van der Waals surface area (Å²) in [6.45, 7) is 3.95. The molecule has 1 aliphatic rings. The lowest BCUT2D eigenvalue weighted by atomic mass is 9.93. The number of fused-ring (bicyclic) bond motifs is 4. The molecule has 3 rings (SSSR count). The van der Waals surface area contributed by atoms with Crippen LogP contribution in [0.25, 0.3) is 11.3 Å². The van der Waals surface area contributed by atoms with Crippen molar-refractivity contribution in [1.82, 2.24) is 20.1 Å². The highest BCUT2D eigenvalue weighted by Crippen LogP contribution is 2.31. The third kappa shape index (κ3) is 3.99. The van der Waals surface area contributed by atoms with Gasteiger partial charge in [-0.05, 0) is 24.5 Å². The third-order valence-electron chi connectivity index (χ3n) is 4.64. The van der Waals surface area contributed by atoms with Gasteiger partial charge in [-0.25, -0.2) is 4.79 Å². The second-order valence-corrected chi connectivity index (χ2v) is 6.92. The van der Waals surface area contributed by atoms with Crippen LogP contribution in [0.5, 0.6) is 0 Å². The molecule has 0 spiro atoms. The van der Waals surface area contributed by atoms with Crippen molar-refractivity contribution in [3.05, 3.63) is 42.4 Å². The Balaban J connectivity index is 2.13. The molecule has 8 nitrogen and oxygen atoms in total. The van der Waals surface area contributed by atoms with Crippen LogP contribution in [0.2, 0.25) is 0 Å². The fourth-order valence-electron chi connectivity index (χ4n) is 3.25. The number of nitrogens with one attached hydrogen (secondary N) is 2. The van der Waals surface area contributed by atoms with Crippen molar-refractivity contribution in [3.63, 3.8) is 0 Å². The summed E-state index contributed by atoms with van der Waals surface area (Å²) in [5.74, 6) is -0.367. The van der Waals surface area contributed by atoms with Gasteiger partial charge in [0.1, 0.15) is 0 Å². The fourth-order valence-corrected chi connectivity index (χ4v) is 3.25. The molecule has 27 heavy (non-hydrogen) atoms. The molecule has 0 saturated carbocycles. The minimum absolute atomic E-state index is 0.0890. The van der Waals surface area contributed by atoms with Gasteiger partial charge in [-0.15, -0.1) is 0 Å². The molecule has 2 atom stereocenters. The van der Waals surface area contributed by atoms with E-state index in [4.69, 9.17) is 0 Å². The molecule has 3 heterocycles. The van der Waals surface area contributed by atoms with Crippen LogP contribution in [-0.2, 0) is 11.8 Å². The molecule has 1 aliphatic heterocycles. The topological polar surface area (TPSA) is 109 Å². The first kappa shape index (κ1) is 18.6. The lowest BCUT2D eigenvalue weighted by Crippen LogP contribution is -2.28. The normalized spacial score (nSPS) is 19.6. The van der Waals surface area contributed by atoms with Crippen LogP contribution in [0, 0.1) is 11.8 Å². The zero-order chi connectivity index (χ0) is 19.6. The van der Waals surface area contributed by atoms with E-state index in [1.807, 2.05) is 38.1 Å². The standard InChI is InChI=1S/C19H23N5O3/c1-11(2)13-5-4-6-14(23-19(26)27)15-9-12(7-8-20-15)17-16(22-18(13)25)10-21-24(17)3/h4-5,7-11,13-14,23H,6H2,1-3H3,(H,22,25)(H,26,27)/t13-,14-/m0/s1. The van der Waals surface area contributed by atoms with Crippen LogP contribution in [0.3, 0.4) is 0 Å². The van der Waals surface area contributed by atoms with Gasteiger partial charge in [0.15, 0.2) is 0 Å². The van der Waals surface area contributed by atoms with Gasteiger partial charge >= 0.3 is 6.09 Å². The monoisotopic (exact) mass is 369 g/mol. The number of hydrogen-bond donors (Lipinski definition) is 3. The summed E-state index contributed by atoms with van der Waals surface area (Å²) in [6, 6.07) is 3.13. The average Bonchev–Trinajstić information content (AvgIpc) is 2.96. The van der Waals surface area contributed by atoms with Gasteiger partial charge in [0, 0.05) is 18.8 Å². The molecular weight excluding hydrogens is 346 g/mol. The predicted molar refractivity (Wildman–Crippen MR) is 101 cm³/mol. The fraction of sp³-hybridized carbons (Fsp3) is 0.368. The Kier molecular flexibility index (Phi) is 5.25. The van der Waals surface area contributed by atoms with Crippen molar-refractivity contribution in [2.45, 2.75) is 26.3 Å². The van der Waals surface area contributed by atoms with Crippen LogP contribution in [0.4, 0.5) is 10.5 Å². The number of rotatable bonds is 2. The summed E-state index contributed by atoms with van der Waals surface area (Å²) in [4.78, 5) is 28.4. The molecule has 142 valence electrons. The van der Waals surface area contributed by atoms with Gasteiger partial charge in [0.05, 0.1) is 35.2 Å². The number of anilines is 1. The number of amides is 2. The van der Waals surface area contributed by atoms with Crippen molar-refractivity contribution < 1.29 is 14.7 Å². The summed E-state index contributed by atoms with van der Waals surface area (Å²) in [7, 11) is 1.80. The minimum Gasteiger partial charge on any atom is -0.465 e. The molecule has 2 bridgehead atoms. The maximum atomic E-state index is 12.8. The highest BCUT2D eigenvalue weighted by Gasteiger charge is 2.24. The highest BCUT2D eigenvalue weighted by atomic mass is 16.4. The number of aromatic nitrogens is 3. The van der Waals surface area contributed by atoms with Gasteiger partial charge in [-0.1, -0.05) is 26.0 Å². The number of carbonyl (C=O) groups is 2. The van der Waals surface area contributed by atoms with E-state index in [2.05, 4.69) is 20.7 Å². The number of carbonyl (C=O) groups excluding carboxylic acids is 1. The highest BCUT2D eigenvalue weighted by molar-refractivity contribution is 5.97. The number of pyridine rings is 1. The van der Waals surface area contributed by atoms with Crippen molar-refractivity contribution in [2.24, 2.45) is 18.9 Å². The molecule has 0 aliphatic carbocycles. The Hall–Kier alpha value is -3.16. The van der Waals surface area contributed by atoms with E-state index >= 15 is 0 Å². The van der Waals surface area contributed by atoms with Gasteiger partial charge < -0.3 is 15.7 Å². The number of hydrogen-bond acceptors (Lipinski definition) is 4. The number of aryl methyl sites for hydroxylation is 1. The van der Waals surface area contributed by atoms with E-state index in [0.29, 0.717) is 17.8 Å². The van der Waals surface area contributed by atoms with Gasteiger partial charge in [0.2, 0.25) is 5.91 Å². The van der Waals surface area contributed by atoms with Crippen LogP contribution >= 0.6 is 0 Å². The molecule has 0 unspecified atom stereocenters. The Labute approximate surface area is 157 Å². The predicted octanol–water partition coefficient (Wildman–Crippen LogP) is 2.96. The van der Waals surface area contributed by atoms with E-state index in [9.17, 15) is 14.7 Å².